The van der Waals surface area contributed by atoms with E-state index in [1.165, 1.54) is 0 Å². The molecule has 0 heterocycles. The Kier molecular flexibility index (Phi) is 1.07. The van der Waals surface area contributed by atoms with Crippen LogP contribution in [0.1, 0.15) is 18.4 Å². The van der Waals surface area contributed by atoms with Crippen LogP contribution in [0.3, 0.4) is 0 Å². The van der Waals surface area contributed by atoms with E-state index in [0.717, 1.165) is 5.56 Å². The summed E-state index contributed by atoms with van der Waals surface area (Å²) in [4.78, 5) is 0. The van der Waals surface area contributed by atoms with Crippen molar-refractivity contribution in [2.75, 3.05) is 0 Å². The van der Waals surface area contributed by atoms with Crippen LogP contribution in [0.15, 0.2) is 24.3 Å². The molecule has 1 aliphatic carbocycles. The van der Waals surface area contributed by atoms with E-state index in [1.807, 2.05) is 0 Å². The third-order valence-corrected chi connectivity index (χ3v) is 1.92. The van der Waals surface area contributed by atoms with Gasteiger partial charge in [0.15, 0.2) is 0 Å². The van der Waals surface area contributed by atoms with Crippen molar-refractivity contribution in [3.05, 3.63) is 35.9 Å². The molecule has 1 radical (unpaired) electrons. The standard InChI is InChI=1S/C9H8F/c10-9(6-7-9)8-4-2-1-3-5-8/h2-5H,6-7H2. The van der Waals surface area contributed by atoms with Crippen LogP contribution in [0.25, 0.3) is 0 Å². The summed E-state index contributed by atoms with van der Waals surface area (Å²) in [5, 5.41) is 0. The van der Waals surface area contributed by atoms with Crippen LogP contribution < -0.4 is 0 Å². The van der Waals surface area contributed by atoms with E-state index in [-0.39, 0.29) is 0 Å². The molecule has 51 valence electrons. The fourth-order valence-corrected chi connectivity index (χ4v) is 1.08. The third kappa shape index (κ3) is 0.821. The maximum Gasteiger partial charge on any atom is 0.136 e. The van der Waals surface area contributed by atoms with E-state index < -0.39 is 5.67 Å². The van der Waals surface area contributed by atoms with Gasteiger partial charge < -0.3 is 0 Å². The number of halogens is 1. The largest absolute Gasteiger partial charge is 0.239 e. The molecule has 0 saturated heterocycles. The van der Waals surface area contributed by atoms with Crippen molar-refractivity contribution in [2.24, 2.45) is 0 Å². The van der Waals surface area contributed by atoms with Crippen LogP contribution >= 0.6 is 0 Å². The Morgan fingerprint density at radius 3 is 2.40 bits per heavy atom. The molecule has 0 aliphatic heterocycles. The summed E-state index contributed by atoms with van der Waals surface area (Å²) >= 11 is 0. The van der Waals surface area contributed by atoms with Gasteiger partial charge in [-0.25, -0.2) is 4.39 Å². The maximum atomic E-state index is 13.2. The second kappa shape index (κ2) is 1.82. The molecule has 0 bridgehead atoms. The van der Waals surface area contributed by atoms with Gasteiger partial charge >= 0.3 is 0 Å². The predicted molar refractivity (Wildman–Crippen MR) is 37.3 cm³/mol. The van der Waals surface area contributed by atoms with E-state index in [9.17, 15) is 4.39 Å². The first-order valence-corrected chi connectivity index (χ1v) is 3.47. The van der Waals surface area contributed by atoms with Crippen LogP contribution in [0, 0.1) is 6.07 Å². The van der Waals surface area contributed by atoms with Crippen molar-refractivity contribution in [1.29, 1.82) is 0 Å². The van der Waals surface area contributed by atoms with Gasteiger partial charge in [0.05, 0.1) is 0 Å². The Labute approximate surface area is 59.7 Å². The molecular formula is C9H8F. The van der Waals surface area contributed by atoms with Gasteiger partial charge in [0, 0.05) is 0 Å². The van der Waals surface area contributed by atoms with Gasteiger partial charge in [-0.15, -0.1) is 0 Å². The summed E-state index contributed by atoms with van der Waals surface area (Å²) in [5.41, 5.74) is -0.166. The molecule has 1 aromatic carbocycles. The molecule has 0 unspecified atom stereocenters. The highest BCUT2D eigenvalue weighted by atomic mass is 19.1. The van der Waals surface area contributed by atoms with E-state index >= 15 is 0 Å². The highest BCUT2D eigenvalue weighted by Crippen LogP contribution is 2.49. The first-order valence-electron chi connectivity index (χ1n) is 3.47. The van der Waals surface area contributed by atoms with Gasteiger partial charge in [-0.3, -0.25) is 0 Å². The molecule has 1 aliphatic rings. The third-order valence-electron chi connectivity index (χ3n) is 1.92. The number of hydrogen-bond acceptors (Lipinski definition) is 0. The quantitative estimate of drug-likeness (QED) is 0.554. The van der Waals surface area contributed by atoms with E-state index in [4.69, 9.17) is 0 Å². The topological polar surface area (TPSA) is 0 Å². The summed E-state index contributed by atoms with van der Waals surface area (Å²) in [6, 6.07) is 9.98. The fraction of sp³-hybridized carbons (Fsp3) is 0.333. The second-order valence-corrected chi connectivity index (χ2v) is 2.75. The van der Waals surface area contributed by atoms with Crippen molar-refractivity contribution >= 4 is 0 Å². The Balaban J connectivity index is 2.35. The molecule has 1 fully saturated rings. The predicted octanol–water partition coefficient (Wildman–Crippen LogP) is 2.45. The average Bonchev–Trinajstić information content (AvgIpc) is 2.72. The van der Waals surface area contributed by atoms with Crippen molar-refractivity contribution in [1.82, 2.24) is 0 Å². The smallest absolute Gasteiger partial charge is 0.136 e. The van der Waals surface area contributed by atoms with Gasteiger partial charge in [-0.1, -0.05) is 24.3 Å². The number of rotatable bonds is 1. The van der Waals surface area contributed by atoms with E-state index in [1.54, 1.807) is 24.3 Å². The van der Waals surface area contributed by atoms with Crippen molar-refractivity contribution in [3.8, 4) is 0 Å². The fourth-order valence-electron chi connectivity index (χ4n) is 1.08. The van der Waals surface area contributed by atoms with E-state index in [0.29, 0.717) is 12.8 Å². The number of benzene rings is 1. The van der Waals surface area contributed by atoms with Gasteiger partial charge in [0.1, 0.15) is 5.67 Å². The molecule has 0 atom stereocenters. The molecular weight excluding hydrogens is 127 g/mol. The zero-order valence-corrected chi connectivity index (χ0v) is 5.60. The zero-order chi connectivity index (χ0) is 7.03. The minimum atomic E-state index is -0.977. The molecule has 0 amide bonds. The molecule has 2 rings (SSSR count). The maximum absolute atomic E-state index is 13.2. The van der Waals surface area contributed by atoms with Gasteiger partial charge in [-0.05, 0) is 24.5 Å². The molecule has 0 N–H and O–H groups in total. The van der Waals surface area contributed by atoms with E-state index in [2.05, 4.69) is 6.07 Å². The SMILES string of the molecule is FC1(c2cc[c]cc2)CC1. The Bertz CT molecular complexity index is 224. The summed E-state index contributed by atoms with van der Waals surface area (Å²) in [7, 11) is 0. The lowest BCUT2D eigenvalue weighted by Crippen LogP contribution is -1.95. The molecule has 0 nitrogen and oxygen atoms in total. The lowest BCUT2D eigenvalue weighted by atomic mass is 10.1. The summed E-state index contributed by atoms with van der Waals surface area (Å²) < 4.78 is 13.2. The molecule has 1 saturated carbocycles. The van der Waals surface area contributed by atoms with Crippen molar-refractivity contribution in [3.63, 3.8) is 0 Å². The van der Waals surface area contributed by atoms with Crippen molar-refractivity contribution in [2.45, 2.75) is 18.5 Å². The molecule has 1 heteroatoms. The van der Waals surface area contributed by atoms with Crippen molar-refractivity contribution < 1.29 is 4.39 Å². The molecule has 0 spiro atoms. The normalized spacial score (nSPS) is 20.5. The number of hydrogen-bond donors (Lipinski definition) is 0. The molecule has 0 aromatic heterocycles. The monoisotopic (exact) mass is 135 g/mol. The van der Waals surface area contributed by atoms with Gasteiger partial charge in [-0.2, -0.15) is 0 Å². The Morgan fingerprint density at radius 2 is 1.90 bits per heavy atom. The summed E-state index contributed by atoms with van der Waals surface area (Å²) in [6.07, 6.45) is 1.38. The van der Waals surface area contributed by atoms with Crippen LogP contribution in [-0.4, -0.2) is 0 Å². The highest BCUT2D eigenvalue weighted by Gasteiger charge is 2.44. The first-order chi connectivity index (χ1) is 4.81. The number of alkyl halides is 1. The minimum Gasteiger partial charge on any atom is -0.239 e. The highest BCUT2D eigenvalue weighted by molar-refractivity contribution is 5.26. The van der Waals surface area contributed by atoms with Gasteiger partial charge in [0.2, 0.25) is 0 Å². The lowest BCUT2D eigenvalue weighted by molar-refractivity contribution is 0.317. The Morgan fingerprint density at radius 1 is 1.30 bits per heavy atom. The lowest BCUT2D eigenvalue weighted by Gasteiger charge is -2.01. The van der Waals surface area contributed by atoms with Crippen LogP contribution in [0.5, 0.6) is 0 Å². The van der Waals surface area contributed by atoms with Crippen LogP contribution in [0.4, 0.5) is 4.39 Å². The van der Waals surface area contributed by atoms with Gasteiger partial charge in [0.25, 0.3) is 0 Å². The Hall–Kier alpha value is -0.850. The summed E-state index contributed by atoms with van der Waals surface area (Å²) in [6.45, 7) is 0. The summed E-state index contributed by atoms with van der Waals surface area (Å²) in [5.74, 6) is 0. The minimum absolute atomic E-state index is 0.691. The zero-order valence-electron chi connectivity index (χ0n) is 5.60. The average molecular weight is 135 g/mol. The van der Waals surface area contributed by atoms with Crippen LogP contribution in [0.2, 0.25) is 0 Å². The first kappa shape index (κ1) is 5.90. The van der Waals surface area contributed by atoms with Crippen LogP contribution in [-0.2, 0) is 5.67 Å². The molecule has 10 heavy (non-hydrogen) atoms. The molecule has 1 aromatic rings. The second-order valence-electron chi connectivity index (χ2n) is 2.75.